The van der Waals surface area contributed by atoms with Gasteiger partial charge in [0.2, 0.25) is 5.91 Å². The van der Waals surface area contributed by atoms with Crippen molar-refractivity contribution in [3.05, 3.63) is 95.6 Å². The van der Waals surface area contributed by atoms with Crippen LogP contribution in [0.5, 0.6) is 11.5 Å². The second-order valence-corrected chi connectivity index (χ2v) is 10.0. The maximum Gasteiger partial charge on any atom is 0.261 e. The number of carbonyl (C=O) groups excluding carboxylic acids is 2. The Hall–Kier alpha value is -3.80. The van der Waals surface area contributed by atoms with Crippen LogP contribution in [0.25, 0.3) is 0 Å². The molecule has 0 bridgehead atoms. The fourth-order valence-electron chi connectivity index (χ4n) is 5.00. The van der Waals surface area contributed by atoms with Crippen LogP contribution in [0, 0.1) is 6.92 Å². The molecule has 1 saturated carbocycles. The van der Waals surface area contributed by atoms with E-state index in [2.05, 4.69) is 5.32 Å². The Kier molecular flexibility index (Phi) is 9.79. The number of hydrogen-bond acceptors (Lipinski definition) is 4. The highest BCUT2D eigenvalue weighted by atomic mass is 16.5. The van der Waals surface area contributed by atoms with Gasteiger partial charge in [0.25, 0.3) is 5.91 Å². The first-order valence-electron chi connectivity index (χ1n) is 13.5. The highest BCUT2D eigenvalue weighted by Gasteiger charge is 2.32. The second-order valence-electron chi connectivity index (χ2n) is 10.0. The minimum Gasteiger partial charge on any atom is -0.497 e. The molecule has 1 aliphatic rings. The van der Waals surface area contributed by atoms with E-state index in [1.165, 1.54) is 6.42 Å². The second kappa shape index (κ2) is 13.7. The third-order valence-electron chi connectivity index (χ3n) is 7.06. The highest BCUT2D eigenvalue weighted by Crippen LogP contribution is 2.21. The Bertz CT molecular complexity index is 1190. The fraction of sp³-hybridized carbons (Fsp3) is 0.375. The average Bonchev–Trinajstić information content (AvgIpc) is 2.95. The average molecular weight is 515 g/mol. The van der Waals surface area contributed by atoms with Crippen molar-refractivity contribution >= 4 is 11.8 Å². The van der Waals surface area contributed by atoms with Crippen molar-refractivity contribution in [1.29, 1.82) is 0 Å². The van der Waals surface area contributed by atoms with E-state index in [1.54, 1.807) is 12.0 Å². The van der Waals surface area contributed by atoms with Gasteiger partial charge >= 0.3 is 0 Å². The predicted molar refractivity (Wildman–Crippen MR) is 149 cm³/mol. The number of benzene rings is 3. The van der Waals surface area contributed by atoms with Gasteiger partial charge in [-0.2, -0.15) is 0 Å². The van der Waals surface area contributed by atoms with Crippen LogP contribution in [0.3, 0.4) is 0 Å². The molecule has 0 unspecified atom stereocenters. The summed E-state index contributed by atoms with van der Waals surface area (Å²) in [5, 5.41) is 3.27. The van der Waals surface area contributed by atoms with E-state index in [1.807, 2.05) is 85.8 Å². The molecule has 0 aliphatic heterocycles. The van der Waals surface area contributed by atoms with Gasteiger partial charge < -0.3 is 19.7 Å². The van der Waals surface area contributed by atoms with Gasteiger partial charge in [0.1, 0.15) is 17.5 Å². The van der Waals surface area contributed by atoms with Crippen molar-refractivity contribution in [2.75, 3.05) is 13.7 Å². The number of carbonyl (C=O) groups is 2. The summed E-state index contributed by atoms with van der Waals surface area (Å²) in [4.78, 5) is 29.3. The quantitative estimate of drug-likeness (QED) is 0.368. The van der Waals surface area contributed by atoms with Gasteiger partial charge in [0, 0.05) is 19.0 Å². The standard InChI is InChI=1S/C32H38N2O4/c1-24-11-9-18-29(19-24)38-23-31(35)34(22-26-14-10-17-28(20-26)37-2)30(21-25-12-5-3-6-13-25)32(36)33-27-15-7-4-8-16-27/h3,5-6,9-14,17-20,27,30H,4,7-8,15-16,21-23H2,1-2H3,(H,33,36)/t30-/m0/s1. The number of methoxy groups -OCH3 is 1. The van der Waals surface area contributed by atoms with E-state index >= 15 is 0 Å². The molecule has 1 atom stereocenters. The lowest BCUT2D eigenvalue weighted by atomic mass is 9.94. The van der Waals surface area contributed by atoms with Gasteiger partial charge in [-0.1, -0.05) is 73.9 Å². The molecule has 4 rings (SSSR count). The summed E-state index contributed by atoms with van der Waals surface area (Å²) < 4.78 is 11.3. The van der Waals surface area contributed by atoms with Gasteiger partial charge in [0.15, 0.2) is 6.61 Å². The summed E-state index contributed by atoms with van der Waals surface area (Å²) in [6.45, 7) is 2.09. The van der Waals surface area contributed by atoms with Crippen LogP contribution >= 0.6 is 0 Å². The Morgan fingerprint density at radius 1 is 0.895 bits per heavy atom. The van der Waals surface area contributed by atoms with Gasteiger partial charge in [-0.3, -0.25) is 9.59 Å². The Labute approximate surface area is 226 Å². The maximum atomic E-state index is 13.8. The molecule has 0 saturated heterocycles. The first-order valence-corrected chi connectivity index (χ1v) is 13.5. The van der Waals surface area contributed by atoms with Crippen LogP contribution in [0.15, 0.2) is 78.9 Å². The number of nitrogens with one attached hydrogen (secondary N) is 1. The van der Waals surface area contributed by atoms with Crippen molar-refractivity contribution in [2.24, 2.45) is 0 Å². The summed E-state index contributed by atoms with van der Waals surface area (Å²) >= 11 is 0. The molecule has 0 radical (unpaired) electrons. The van der Waals surface area contributed by atoms with Crippen LogP contribution < -0.4 is 14.8 Å². The van der Waals surface area contributed by atoms with Crippen LogP contribution in [0.1, 0.15) is 48.8 Å². The van der Waals surface area contributed by atoms with Gasteiger partial charge in [-0.15, -0.1) is 0 Å². The molecule has 1 N–H and O–H groups in total. The van der Waals surface area contributed by atoms with E-state index in [4.69, 9.17) is 9.47 Å². The van der Waals surface area contributed by atoms with Gasteiger partial charge in [0.05, 0.1) is 7.11 Å². The zero-order chi connectivity index (χ0) is 26.7. The molecule has 2 amide bonds. The van der Waals surface area contributed by atoms with Crippen molar-refractivity contribution < 1.29 is 19.1 Å². The molecule has 0 heterocycles. The van der Waals surface area contributed by atoms with E-state index in [9.17, 15) is 9.59 Å². The van der Waals surface area contributed by atoms with Crippen LogP contribution in [-0.4, -0.2) is 42.5 Å². The van der Waals surface area contributed by atoms with E-state index in [-0.39, 0.29) is 31.0 Å². The number of aryl methyl sites for hydroxylation is 1. The Balaban J connectivity index is 1.62. The van der Waals surface area contributed by atoms with Crippen molar-refractivity contribution in [3.63, 3.8) is 0 Å². The predicted octanol–water partition coefficient (Wildman–Crippen LogP) is 5.47. The largest absolute Gasteiger partial charge is 0.497 e. The van der Waals surface area contributed by atoms with Crippen LogP contribution in [0.2, 0.25) is 0 Å². The minimum atomic E-state index is -0.681. The van der Waals surface area contributed by atoms with Crippen molar-refractivity contribution in [3.8, 4) is 11.5 Å². The van der Waals surface area contributed by atoms with Crippen molar-refractivity contribution in [2.45, 2.75) is 64.1 Å². The number of nitrogens with zero attached hydrogens (tertiary/aromatic N) is 1. The number of ether oxygens (including phenoxy) is 2. The first kappa shape index (κ1) is 27.2. The highest BCUT2D eigenvalue weighted by molar-refractivity contribution is 5.88. The molecule has 38 heavy (non-hydrogen) atoms. The molecule has 6 heteroatoms. The molecule has 1 aliphatic carbocycles. The van der Waals surface area contributed by atoms with Crippen LogP contribution in [0.4, 0.5) is 0 Å². The molecule has 0 spiro atoms. The SMILES string of the molecule is COc1cccc(CN(C(=O)COc2cccc(C)c2)[C@@H](Cc2ccccc2)C(=O)NC2CCCCC2)c1. The molecule has 0 aromatic heterocycles. The lowest BCUT2D eigenvalue weighted by Crippen LogP contribution is -2.53. The monoisotopic (exact) mass is 514 g/mol. The summed E-state index contributed by atoms with van der Waals surface area (Å²) in [7, 11) is 1.62. The van der Waals surface area contributed by atoms with E-state index in [0.717, 1.165) is 42.4 Å². The lowest BCUT2D eigenvalue weighted by molar-refractivity contribution is -0.143. The van der Waals surface area contributed by atoms with Gasteiger partial charge in [-0.05, 0) is 60.7 Å². The third kappa shape index (κ3) is 7.85. The molecule has 200 valence electrons. The summed E-state index contributed by atoms with van der Waals surface area (Å²) in [6, 6.07) is 24.6. The fourth-order valence-corrected chi connectivity index (χ4v) is 5.00. The minimum absolute atomic E-state index is 0.118. The molecule has 3 aromatic carbocycles. The maximum absolute atomic E-state index is 13.8. The molecule has 6 nitrogen and oxygen atoms in total. The smallest absolute Gasteiger partial charge is 0.261 e. The topological polar surface area (TPSA) is 67.9 Å². The zero-order valence-corrected chi connectivity index (χ0v) is 22.4. The first-order chi connectivity index (χ1) is 18.5. The Morgan fingerprint density at radius 2 is 1.61 bits per heavy atom. The lowest BCUT2D eigenvalue weighted by Gasteiger charge is -2.33. The summed E-state index contributed by atoms with van der Waals surface area (Å²) in [5.41, 5.74) is 2.94. The van der Waals surface area contributed by atoms with E-state index < -0.39 is 6.04 Å². The summed E-state index contributed by atoms with van der Waals surface area (Å²) in [5.74, 6) is 0.977. The normalized spacial score (nSPS) is 14.4. The molecule has 1 fully saturated rings. The Morgan fingerprint density at radius 3 is 2.34 bits per heavy atom. The molecular weight excluding hydrogens is 476 g/mol. The number of hydrogen-bond donors (Lipinski definition) is 1. The molecular formula is C32H38N2O4. The summed E-state index contributed by atoms with van der Waals surface area (Å²) in [6.07, 6.45) is 5.81. The number of amides is 2. The van der Waals surface area contributed by atoms with Gasteiger partial charge in [-0.25, -0.2) is 0 Å². The van der Waals surface area contributed by atoms with E-state index in [0.29, 0.717) is 17.9 Å². The molecule has 3 aromatic rings. The third-order valence-corrected chi connectivity index (χ3v) is 7.06. The zero-order valence-electron chi connectivity index (χ0n) is 22.4. The van der Waals surface area contributed by atoms with Crippen molar-refractivity contribution in [1.82, 2.24) is 10.2 Å². The van der Waals surface area contributed by atoms with Crippen LogP contribution in [-0.2, 0) is 22.6 Å². The number of rotatable bonds is 11.